The standard InChI is InChI=1S/C17H25NO2/c1-5-14-11-18(9-8-17(14,4)20)16(19)15-7-6-12(2)10-13(15)3/h6-7,10,14,20H,5,8-9,11H2,1-4H3/t14-,17+/m1/s1. The molecule has 1 amide bonds. The van der Waals surface area contributed by atoms with Crippen LogP contribution >= 0.6 is 0 Å². The van der Waals surface area contributed by atoms with Gasteiger partial charge in [-0.25, -0.2) is 0 Å². The number of aliphatic hydroxyl groups is 1. The van der Waals surface area contributed by atoms with Crippen LogP contribution in [0, 0.1) is 19.8 Å². The minimum atomic E-state index is -0.645. The van der Waals surface area contributed by atoms with E-state index in [1.165, 1.54) is 5.56 Å². The lowest BCUT2D eigenvalue weighted by Gasteiger charge is -2.42. The van der Waals surface area contributed by atoms with Gasteiger partial charge in [0.2, 0.25) is 0 Å². The van der Waals surface area contributed by atoms with E-state index in [1.807, 2.05) is 43.9 Å². The van der Waals surface area contributed by atoms with Gasteiger partial charge in [-0.2, -0.15) is 0 Å². The summed E-state index contributed by atoms with van der Waals surface area (Å²) in [6.45, 7) is 9.26. The van der Waals surface area contributed by atoms with Crippen LogP contribution in [0.5, 0.6) is 0 Å². The lowest BCUT2D eigenvalue weighted by Crippen LogP contribution is -2.51. The molecule has 0 unspecified atom stereocenters. The smallest absolute Gasteiger partial charge is 0.254 e. The van der Waals surface area contributed by atoms with Gasteiger partial charge in [0.05, 0.1) is 5.60 Å². The minimum absolute atomic E-state index is 0.0939. The van der Waals surface area contributed by atoms with Gasteiger partial charge in [0.1, 0.15) is 0 Å². The maximum Gasteiger partial charge on any atom is 0.254 e. The van der Waals surface area contributed by atoms with Crippen molar-refractivity contribution in [2.24, 2.45) is 5.92 Å². The van der Waals surface area contributed by atoms with Gasteiger partial charge >= 0.3 is 0 Å². The van der Waals surface area contributed by atoms with E-state index in [0.29, 0.717) is 19.5 Å². The van der Waals surface area contributed by atoms with E-state index >= 15 is 0 Å². The van der Waals surface area contributed by atoms with E-state index in [1.54, 1.807) is 0 Å². The highest BCUT2D eigenvalue weighted by Gasteiger charge is 2.38. The quantitative estimate of drug-likeness (QED) is 0.901. The molecule has 2 rings (SSSR count). The summed E-state index contributed by atoms with van der Waals surface area (Å²) >= 11 is 0. The van der Waals surface area contributed by atoms with Gasteiger partial charge in [-0.1, -0.05) is 24.6 Å². The maximum atomic E-state index is 12.6. The fourth-order valence-corrected chi connectivity index (χ4v) is 3.10. The highest BCUT2D eigenvalue weighted by atomic mass is 16.3. The molecule has 0 saturated carbocycles. The Hall–Kier alpha value is -1.35. The summed E-state index contributed by atoms with van der Waals surface area (Å²) < 4.78 is 0. The van der Waals surface area contributed by atoms with Crippen molar-refractivity contribution in [1.82, 2.24) is 4.90 Å². The molecule has 1 aromatic rings. The molecule has 0 bridgehead atoms. The Labute approximate surface area is 121 Å². The van der Waals surface area contributed by atoms with Crippen molar-refractivity contribution in [3.63, 3.8) is 0 Å². The molecule has 110 valence electrons. The van der Waals surface area contributed by atoms with E-state index in [0.717, 1.165) is 17.5 Å². The molecule has 2 atom stereocenters. The van der Waals surface area contributed by atoms with Crippen LogP contribution in [0.3, 0.4) is 0 Å². The third-order valence-corrected chi connectivity index (χ3v) is 4.60. The fourth-order valence-electron chi connectivity index (χ4n) is 3.10. The van der Waals surface area contributed by atoms with Crippen LogP contribution in [0.15, 0.2) is 18.2 Å². The van der Waals surface area contributed by atoms with E-state index in [-0.39, 0.29) is 11.8 Å². The van der Waals surface area contributed by atoms with Gasteiger partial charge in [-0.3, -0.25) is 4.79 Å². The summed E-state index contributed by atoms with van der Waals surface area (Å²) in [5.74, 6) is 0.252. The number of likely N-dealkylation sites (tertiary alicyclic amines) is 1. The minimum Gasteiger partial charge on any atom is -0.390 e. The van der Waals surface area contributed by atoms with E-state index in [4.69, 9.17) is 0 Å². The second kappa shape index (κ2) is 5.57. The molecule has 1 saturated heterocycles. The van der Waals surface area contributed by atoms with Crippen molar-refractivity contribution < 1.29 is 9.90 Å². The van der Waals surface area contributed by atoms with Gasteiger partial charge in [0.15, 0.2) is 0 Å². The molecule has 1 aliphatic heterocycles. The summed E-state index contributed by atoms with van der Waals surface area (Å²) in [5, 5.41) is 10.4. The zero-order valence-electron chi connectivity index (χ0n) is 12.9. The largest absolute Gasteiger partial charge is 0.390 e. The van der Waals surface area contributed by atoms with Gasteiger partial charge in [-0.05, 0) is 45.2 Å². The Kier molecular flexibility index (Phi) is 4.19. The first-order valence-corrected chi connectivity index (χ1v) is 7.44. The van der Waals surface area contributed by atoms with Crippen LogP contribution in [0.25, 0.3) is 0 Å². The lowest BCUT2D eigenvalue weighted by molar-refractivity contribution is -0.0521. The van der Waals surface area contributed by atoms with Gasteiger partial charge in [-0.15, -0.1) is 0 Å². The number of aryl methyl sites for hydroxylation is 2. The van der Waals surface area contributed by atoms with Crippen LogP contribution in [0.4, 0.5) is 0 Å². The molecule has 3 heteroatoms. The van der Waals surface area contributed by atoms with Crippen molar-refractivity contribution in [1.29, 1.82) is 0 Å². The molecule has 0 radical (unpaired) electrons. The van der Waals surface area contributed by atoms with Crippen LogP contribution < -0.4 is 0 Å². The van der Waals surface area contributed by atoms with Crippen molar-refractivity contribution in [3.8, 4) is 0 Å². The number of carbonyl (C=O) groups is 1. The Balaban J connectivity index is 2.18. The number of amides is 1. The topological polar surface area (TPSA) is 40.5 Å². The number of rotatable bonds is 2. The normalized spacial score (nSPS) is 26.6. The van der Waals surface area contributed by atoms with Crippen molar-refractivity contribution in [3.05, 3.63) is 34.9 Å². The Morgan fingerprint density at radius 2 is 2.15 bits per heavy atom. The predicted octanol–water partition coefficient (Wildman–Crippen LogP) is 2.93. The monoisotopic (exact) mass is 275 g/mol. The third-order valence-electron chi connectivity index (χ3n) is 4.60. The number of hydrogen-bond donors (Lipinski definition) is 1. The highest BCUT2D eigenvalue weighted by Crippen LogP contribution is 2.30. The summed E-state index contributed by atoms with van der Waals surface area (Å²) in [4.78, 5) is 14.5. The molecule has 0 aliphatic carbocycles. The summed E-state index contributed by atoms with van der Waals surface area (Å²) in [5.41, 5.74) is 2.34. The Morgan fingerprint density at radius 3 is 2.75 bits per heavy atom. The number of benzene rings is 1. The Bertz CT molecular complexity index is 508. The molecule has 3 nitrogen and oxygen atoms in total. The predicted molar refractivity (Wildman–Crippen MR) is 80.8 cm³/mol. The maximum absolute atomic E-state index is 12.6. The molecular formula is C17H25NO2. The molecular weight excluding hydrogens is 250 g/mol. The Morgan fingerprint density at radius 1 is 1.45 bits per heavy atom. The number of nitrogens with zero attached hydrogens (tertiary/aromatic N) is 1. The molecule has 20 heavy (non-hydrogen) atoms. The number of carbonyl (C=O) groups excluding carboxylic acids is 1. The SMILES string of the molecule is CC[C@@H]1CN(C(=O)c2ccc(C)cc2C)CC[C@]1(C)O. The first-order valence-electron chi connectivity index (χ1n) is 7.44. The second-order valence-corrected chi connectivity index (χ2v) is 6.28. The van der Waals surface area contributed by atoms with Crippen LogP contribution in [-0.4, -0.2) is 34.6 Å². The number of piperidine rings is 1. The molecule has 0 spiro atoms. The first kappa shape index (κ1) is 15.0. The average molecular weight is 275 g/mol. The number of hydrogen-bond acceptors (Lipinski definition) is 2. The fraction of sp³-hybridized carbons (Fsp3) is 0.588. The van der Waals surface area contributed by atoms with Crippen molar-refractivity contribution in [2.75, 3.05) is 13.1 Å². The van der Waals surface area contributed by atoms with Crippen molar-refractivity contribution >= 4 is 5.91 Å². The van der Waals surface area contributed by atoms with Gasteiger partial charge in [0.25, 0.3) is 5.91 Å². The van der Waals surface area contributed by atoms with Gasteiger partial charge in [0, 0.05) is 24.6 Å². The second-order valence-electron chi connectivity index (χ2n) is 6.28. The molecule has 1 aliphatic rings. The molecule has 1 heterocycles. The summed E-state index contributed by atoms with van der Waals surface area (Å²) in [6.07, 6.45) is 1.55. The summed E-state index contributed by atoms with van der Waals surface area (Å²) in [6, 6.07) is 5.95. The van der Waals surface area contributed by atoms with Crippen molar-refractivity contribution in [2.45, 2.75) is 46.1 Å². The summed E-state index contributed by atoms with van der Waals surface area (Å²) in [7, 11) is 0. The highest BCUT2D eigenvalue weighted by molar-refractivity contribution is 5.95. The molecule has 1 N–H and O–H groups in total. The zero-order chi connectivity index (χ0) is 14.9. The zero-order valence-corrected chi connectivity index (χ0v) is 12.9. The molecule has 1 fully saturated rings. The van der Waals surface area contributed by atoms with Gasteiger partial charge < -0.3 is 10.0 Å². The van der Waals surface area contributed by atoms with Crippen LogP contribution in [-0.2, 0) is 0 Å². The first-order chi connectivity index (χ1) is 9.35. The lowest BCUT2D eigenvalue weighted by atomic mass is 9.80. The van der Waals surface area contributed by atoms with Crippen LogP contribution in [0.1, 0.15) is 48.2 Å². The van der Waals surface area contributed by atoms with Crippen LogP contribution in [0.2, 0.25) is 0 Å². The molecule has 1 aromatic carbocycles. The van der Waals surface area contributed by atoms with E-state index < -0.39 is 5.60 Å². The van der Waals surface area contributed by atoms with E-state index in [2.05, 4.69) is 6.92 Å². The third kappa shape index (κ3) is 2.88. The average Bonchev–Trinajstić information content (AvgIpc) is 2.37. The molecule has 0 aromatic heterocycles. The van der Waals surface area contributed by atoms with E-state index in [9.17, 15) is 9.90 Å².